The first kappa shape index (κ1) is 9.56. The lowest BCUT2D eigenvalue weighted by Gasteiger charge is -2.05. The second kappa shape index (κ2) is 3.64. The summed E-state index contributed by atoms with van der Waals surface area (Å²) in [6.07, 6.45) is 1.65. The smallest absolute Gasteiger partial charge is 0.138 e. The van der Waals surface area contributed by atoms with E-state index in [0.29, 0.717) is 15.8 Å². The van der Waals surface area contributed by atoms with Crippen molar-refractivity contribution in [2.45, 2.75) is 0 Å². The van der Waals surface area contributed by atoms with E-state index in [1.165, 1.54) is 0 Å². The van der Waals surface area contributed by atoms with E-state index in [9.17, 15) is 0 Å². The third-order valence-corrected chi connectivity index (χ3v) is 2.59. The minimum Gasteiger partial charge on any atom is -0.495 e. The zero-order chi connectivity index (χ0) is 10.1. The van der Waals surface area contributed by atoms with Crippen LogP contribution in [0.4, 0.5) is 0 Å². The number of aromatic nitrogens is 1. The largest absolute Gasteiger partial charge is 0.495 e. The van der Waals surface area contributed by atoms with Crippen molar-refractivity contribution in [2.75, 3.05) is 7.11 Å². The van der Waals surface area contributed by atoms with E-state index in [1.54, 1.807) is 31.5 Å². The molecule has 0 saturated carbocycles. The molecule has 0 radical (unpaired) electrons. The number of fused-ring (bicyclic) bond motifs is 1. The van der Waals surface area contributed by atoms with Gasteiger partial charge in [-0.05, 0) is 18.2 Å². The molecule has 0 spiro atoms. The lowest BCUT2D eigenvalue weighted by Crippen LogP contribution is -1.86. The molecule has 0 N–H and O–H groups in total. The summed E-state index contributed by atoms with van der Waals surface area (Å²) >= 11 is 11.9. The number of methoxy groups -OCH3 is 1. The maximum Gasteiger partial charge on any atom is 0.138 e. The molecule has 2 rings (SSSR count). The van der Waals surface area contributed by atoms with Crippen molar-refractivity contribution in [3.05, 3.63) is 34.4 Å². The van der Waals surface area contributed by atoms with Gasteiger partial charge in [0.25, 0.3) is 0 Å². The second-order valence-electron chi connectivity index (χ2n) is 2.80. The van der Waals surface area contributed by atoms with E-state index in [2.05, 4.69) is 4.98 Å². The summed E-state index contributed by atoms with van der Waals surface area (Å²) in [5.41, 5.74) is 0.767. The fourth-order valence-electron chi connectivity index (χ4n) is 1.27. The summed E-state index contributed by atoms with van der Waals surface area (Å²) in [6.45, 7) is 0. The number of nitrogens with zero attached hydrogens (tertiary/aromatic N) is 1. The van der Waals surface area contributed by atoms with Gasteiger partial charge in [0.2, 0.25) is 0 Å². The summed E-state index contributed by atoms with van der Waals surface area (Å²) < 4.78 is 5.09. The highest BCUT2D eigenvalue weighted by Crippen LogP contribution is 2.31. The fourth-order valence-corrected chi connectivity index (χ4v) is 1.71. The first-order chi connectivity index (χ1) is 6.72. The maximum atomic E-state index is 6.00. The quantitative estimate of drug-likeness (QED) is 0.744. The van der Waals surface area contributed by atoms with Gasteiger partial charge >= 0.3 is 0 Å². The average molecular weight is 228 g/mol. The number of pyridine rings is 1. The number of ether oxygens (including phenoxy) is 1. The van der Waals surface area contributed by atoms with Gasteiger partial charge in [-0.25, -0.2) is 0 Å². The summed E-state index contributed by atoms with van der Waals surface area (Å²) in [4.78, 5) is 4.15. The van der Waals surface area contributed by atoms with Crippen LogP contribution in [-0.2, 0) is 0 Å². The van der Waals surface area contributed by atoms with Crippen LogP contribution in [0.2, 0.25) is 10.0 Å². The van der Waals surface area contributed by atoms with E-state index in [-0.39, 0.29) is 0 Å². The molecule has 0 saturated heterocycles. The van der Waals surface area contributed by atoms with Gasteiger partial charge in [-0.2, -0.15) is 0 Å². The molecule has 14 heavy (non-hydrogen) atoms. The number of hydrogen-bond donors (Lipinski definition) is 0. The van der Waals surface area contributed by atoms with Crippen LogP contribution >= 0.6 is 23.2 Å². The van der Waals surface area contributed by atoms with Crippen LogP contribution < -0.4 is 4.74 Å². The molecule has 0 aliphatic rings. The van der Waals surface area contributed by atoms with E-state index in [0.717, 1.165) is 10.9 Å². The molecule has 0 fully saturated rings. The predicted molar refractivity (Wildman–Crippen MR) is 58.3 cm³/mol. The van der Waals surface area contributed by atoms with E-state index < -0.39 is 0 Å². The standard InChI is InChI=1S/C10H7Cl2NO/c1-14-10-4-6-7(11)2-3-13-9(6)5-8(10)12/h2-5H,1H3. The zero-order valence-electron chi connectivity index (χ0n) is 7.42. The first-order valence-electron chi connectivity index (χ1n) is 4.00. The molecule has 0 atom stereocenters. The molecule has 1 heterocycles. The Kier molecular flexibility index (Phi) is 2.48. The van der Waals surface area contributed by atoms with Crippen LogP contribution in [0.15, 0.2) is 24.4 Å². The average Bonchev–Trinajstić information content (AvgIpc) is 2.17. The predicted octanol–water partition coefficient (Wildman–Crippen LogP) is 3.55. The third kappa shape index (κ3) is 1.51. The van der Waals surface area contributed by atoms with Gasteiger partial charge in [0, 0.05) is 11.6 Å². The van der Waals surface area contributed by atoms with Crippen LogP contribution in [0.25, 0.3) is 10.9 Å². The Balaban J connectivity index is 2.80. The topological polar surface area (TPSA) is 22.1 Å². The Morgan fingerprint density at radius 1 is 1.21 bits per heavy atom. The lowest BCUT2D eigenvalue weighted by molar-refractivity contribution is 0.415. The van der Waals surface area contributed by atoms with Crippen LogP contribution in [-0.4, -0.2) is 12.1 Å². The number of rotatable bonds is 1. The summed E-state index contributed by atoms with van der Waals surface area (Å²) in [5, 5.41) is 2.02. The highest BCUT2D eigenvalue weighted by molar-refractivity contribution is 6.36. The van der Waals surface area contributed by atoms with Crippen LogP contribution in [0, 0.1) is 0 Å². The van der Waals surface area contributed by atoms with Crippen LogP contribution in [0.1, 0.15) is 0 Å². The molecule has 1 aromatic carbocycles. The highest BCUT2D eigenvalue weighted by Gasteiger charge is 2.06. The minimum absolute atomic E-state index is 0.537. The molecule has 2 aromatic rings. The first-order valence-corrected chi connectivity index (χ1v) is 4.75. The molecule has 0 aliphatic heterocycles. The number of hydrogen-bond acceptors (Lipinski definition) is 2. The van der Waals surface area contributed by atoms with Crippen molar-refractivity contribution < 1.29 is 4.74 Å². The van der Waals surface area contributed by atoms with Crippen molar-refractivity contribution in [1.29, 1.82) is 0 Å². The summed E-state index contributed by atoms with van der Waals surface area (Å²) in [5.74, 6) is 0.606. The van der Waals surface area contributed by atoms with Gasteiger partial charge in [-0.3, -0.25) is 4.98 Å². The van der Waals surface area contributed by atoms with Crippen molar-refractivity contribution in [3.63, 3.8) is 0 Å². The molecule has 0 bridgehead atoms. The van der Waals surface area contributed by atoms with Crippen molar-refractivity contribution in [1.82, 2.24) is 4.98 Å². The second-order valence-corrected chi connectivity index (χ2v) is 3.61. The summed E-state index contributed by atoms with van der Waals surface area (Å²) in [6, 6.07) is 5.26. The van der Waals surface area contributed by atoms with Crippen molar-refractivity contribution in [3.8, 4) is 5.75 Å². The zero-order valence-corrected chi connectivity index (χ0v) is 8.93. The van der Waals surface area contributed by atoms with Gasteiger partial charge in [0.1, 0.15) is 5.75 Å². The van der Waals surface area contributed by atoms with Gasteiger partial charge in [-0.15, -0.1) is 0 Å². The molecule has 4 heteroatoms. The van der Waals surface area contributed by atoms with Gasteiger partial charge < -0.3 is 4.74 Å². The molecule has 0 aliphatic carbocycles. The molecule has 1 aromatic heterocycles. The Bertz CT molecular complexity index is 485. The molecular formula is C10H7Cl2NO. The van der Waals surface area contributed by atoms with Gasteiger partial charge in [-0.1, -0.05) is 23.2 Å². The Morgan fingerprint density at radius 2 is 2.00 bits per heavy atom. The molecule has 2 nitrogen and oxygen atoms in total. The van der Waals surface area contributed by atoms with E-state index >= 15 is 0 Å². The highest BCUT2D eigenvalue weighted by atomic mass is 35.5. The van der Waals surface area contributed by atoms with Crippen LogP contribution in [0.5, 0.6) is 5.75 Å². The van der Waals surface area contributed by atoms with Gasteiger partial charge in [0.05, 0.1) is 22.7 Å². The lowest BCUT2D eigenvalue weighted by atomic mass is 10.2. The maximum absolute atomic E-state index is 6.00. The number of benzene rings is 1. The fraction of sp³-hybridized carbons (Fsp3) is 0.100. The molecule has 72 valence electrons. The Labute approximate surface area is 91.4 Å². The van der Waals surface area contributed by atoms with Gasteiger partial charge in [0.15, 0.2) is 0 Å². The van der Waals surface area contributed by atoms with Crippen molar-refractivity contribution in [2.24, 2.45) is 0 Å². The molecule has 0 unspecified atom stereocenters. The normalized spacial score (nSPS) is 10.5. The Morgan fingerprint density at radius 3 is 2.71 bits per heavy atom. The monoisotopic (exact) mass is 227 g/mol. The Hall–Kier alpha value is -0.990. The molecule has 0 amide bonds. The van der Waals surface area contributed by atoms with E-state index in [4.69, 9.17) is 27.9 Å². The minimum atomic E-state index is 0.537. The van der Waals surface area contributed by atoms with Crippen molar-refractivity contribution >= 4 is 34.1 Å². The van der Waals surface area contributed by atoms with E-state index in [1.807, 2.05) is 0 Å². The number of halogens is 2. The summed E-state index contributed by atoms with van der Waals surface area (Å²) in [7, 11) is 1.57. The van der Waals surface area contributed by atoms with Crippen LogP contribution in [0.3, 0.4) is 0 Å². The molecular weight excluding hydrogens is 221 g/mol. The third-order valence-electron chi connectivity index (χ3n) is 1.96. The SMILES string of the molecule is COc1cc2c(Cl)ccnc2cc1Cl.